The van der Waals surface area contributed by atoms with E-state index in [9.17, 15) is 4.79 Å². The van der Waals surface area contributed by atoms with E-state index in [0.29, 0.717) is 5.33 Å². The number of rotatable bonds is 2. The van der Waals surface area contributed by atoms with Crippen LogP contribution in [0.4, 0.5) is 0 Å². The first-order valence-corrected chi connectivity index (χ1v) is 3.98. The molecule has 7 heavy (non-hydrogen) atoms. The molecule has 0 aromatic heterocycles. The molecule has 0 aromatic carbocycles. The maximum absolute atomic E-state index is 9.89. The number of halogens is 2. The third-order valence-corrected chi connectivity index (χ3v) is 3.23. The second kappa shape index (κ2) is 3.65. The zero-order valence-electron chi connectivity index (χ0n) is 3.40. The van der Waals surface area contributed by atoms with E-state index in [2.05, 4.69) is 15.9 Å². The topological polar surface area (TPSA) is 37.3 Å². The lowest BCUT2D eigenvalue weighted by molar-refractivity contribution is -0.135. The van der Waals surface area contributed by atoms with Crippen LogP contribution in [0.1, 0.15) is 0 Å². The van der Waals surface area contributed by atoms with Crippen molar-refractivity contribution >= 4 is 44.5 Å². The number of hydrogen-bond donors (Lipinski definition) is 1. The van der Waals surface area contributed by atoms with Gasteiger partial charge < -0.3 is 5.11 Å². The van der Waals surface area contributed by atoms with Crippen molar-refractivity contribution in [2.45, 2.75) is 3.92 Å². The fourth-order valence-electron chi connectivity index (χ4n) is 0.0660. The predicted octanol–water partition coefficient (Wildman–Crippen LogP) is 1.27. The lowest BCUT2D eigenvalue weighted by atomic mass is 10.5. The molecular weight excluding hydrogens is 275 g/mol. The Morgan fingerprint density at radius 1 is 2.00 bits per heavy atom. The summed E-state index contributed by atoms with van der Waals surface area (Å²) in [6, 6.07) is 0. The van der Waals surface area contributed by atoms with Gasteiger partial charge in [-0.25, -0.2) is 0 Å². The summed E-state index contributed by atoms with van der Waals surface area (Å²) < 4.78 is -0.294. The van der Waals surface area contributed by atoms with E-state index < -0.39 is 5.97 Å². The summed E-state index contributed by atoms with van der Waals surface area (Å²) in [5.41, 5.74) is 0. The first-order valence-electron chi connectivity index (χ1n) is 1.61. The molecule has 0 saturated heterocycles. The van der Waals surface area contributed by atoms with Crippen LogP contribution in [-0.2, 0) is 4.79 Å². The standard InChI is InChI=1S/C3H4BrIO2/c4-1-2(5)3(6)7/h2H,1H2,(H,6,7). The molecule has 0 fully saturated rings. The van der Waals surface area contributed by atoms with Crippen LogP contribution in [0, 0.1) is 0 Å². The Morgan fingerprint density at radius 2 is 2.43 bits per heavy atom. The molecule has 0 amide bonds. The minimum Gasteiger partial charge on any atom is -0.480 e. The van der Waals surface area contributed by atoms with Crippen molar-refractivity contribution in [3.8, 4) is 0 Å². The van der Waals surface area contributed by atoms with E-state index >= 15 is 0 Å². The smallest absolute Gasteiger partial charge is 0.317 e. The van der Waals surface area contributed by atoms with Crippen LogP contribution in [-0.4, -0.2) is 20.3 Å². The zero-order valence-corrected chi connectivity index (χ0v) is 7.14. The van der Waals surface area contributed by atoms with Crippen LogP contribution >= 0.6 is 38.5 Å². The Hall–Kier alpha value is 0.680. The molecular formula is C3H4BrIO2. The highest BCUT2D eigenvalue weighted by atomic mass is 127. The van der Waals surface area contributed by atoms with Gasteiger partial charge in [0.1, 0.15) is 3.92 Å². The second-order valence-electron chi connectivity index (χ2n) is 0.960. The van der Waals surface area contributed by atoms with Crippen molar-refractivity contribution in [1.82, 2.24) is 0 Å². The number of carbonyl (C=O) groups is 1. The molecule has 2 nitrogen and oxygen atoms in total. The lowest BCUT2D eigenvalue weighted by Gasteiger charge is -1.93. The van der Waals surface area contributed by atoms with Crippen molar-refractivity contribution in [2.75, 3.05) is 5.33 Å². The van der Waals surface area contributed by atoms with Crippen LogP contribution in [0.5, 0.6) is 0 Å². The summed E-state index contributed by atoms with van der Waals surface area (Å²) in [4.78, 5) is 9.89. The SMILES string of the molecule is O=C(O)C(I)CBr. The van der Waals surface area contributed by atoms with Crippen molar-refractivity contribution in [1.29, 1.82) is 0 Å². The largest absolute Gasteiger partial charge is 0.480 e. The normalized spacial score (nSPS) is 13.4. The van der Waals surface area contributed by atoms with Crippen molar-refractivity contribution in [3.05, 3.63) is 0 Å². The Bertz CT molecular complexity index is 75.3. The Balaban J connectivity index is 3.34. The van der Waals surface area contributed by atoms with Crippen LogP contribution in [0.25, 0.3) is 0 Å². The first kappa shape index (κ1) is 7.68. The molecule has 0 aromatic rings. The number of alkyl halides is 2. The van der Waals surface area contributed by atoms with E-state index in [4.69, 9.17) is 5.11 Å². The molecule has 1 unspecified atom stereocenters. The number of aliphatic carboxylic acids is 1. The fourth-order valence-corrected chi connectivity index (χ4v) is 0.343. The summed E-state index contributed by atoms with van der Waals surface area (Å²) in [5, 5.41) is 8.66. The molecule has 0 aliphatic heterocycles. The van der Waals surface area contributed by atoms with Crippen LogP contribution in [0.2, 0.25) is 0 Å². The van der Waals surface area contributed by atoms with E-state index in [1.54, 1.807) is 0 Å². The van der Waals surface area contributed by atoms with Crippen molar-refractivity contribution in [2.24, 2.45) is 0 Å². The monoisotopic (exact) mass is 278 g/mol. The first-order chi connectivity index (χ1) is 3.18. The molecule has 0 saturated carbocycles. The minimum atomic E-state index is -0.766. The van der Waals surface area contributed by atoms with Gasteiger partial charge in [-0.15, -0.1) is 0 Å². The summed E-state index contributed by atoms with van der Waals surface area (Å²) in [5.74, 6) is -0.766. The molecule has 4 heteroatoms. The van der Waals surface area contributed by atoms with Gasteiger partial charge in [-0.3, -0.25) is 4.79 Å². The van der Waals surface area contributed by atoms with E-state index in [-0.39, 0.29) is 3.92 Å². The van der Waals surface area contributed by atoms with Gasteiger partial charge in [-0.2, -0.15) is 0 Å². The molecule has 1 atom stereocenters. The van der Waals surface area contributed by atoms with Gasteiger partial charge >= 0.3 is 5.97 Å². The average molecular weight is 279 g/mol. The summed E-state index contributed by atoms with van der Waals surface area (Å²) in [6.07, 6.45) is 0. The Labute approximate surface area is 63.6 Å². The van der Waals surface area contributed by atoms with Gasteiger partial charge in [0.15, 0.2) is 0 Å². The number of hydrogen-bond acceptors (Lipinski definition) is 1. The lowest BCUT2D eigenvalue weighted by Crippen LogP contribution is -2.12. The number of carboxylic acid groups (broad SMARTS) is 1. The fraction of sp³-hybridized carbons (Fsp3) is 0.667. The molecule has 42 valence electrons. The van der Waals surface area contributed by atoms with Gasteiger partial charge in [0.25, 0.3) is 0 Å². The minimum absolute atomic E-state index is 0.294. The maximum atomic E-state index is 9.89. The third kappa shape index (κ3) is 3.28. The zero-order chi connectivity index (χ0) is 5.86. The van der Waals surface area contributed by atoms with E-state index in [1.807, 2.05) is 22.6 Å². The highest BCUT2D eigenvalue weighted by Crippen LogP contribution is 2.02. The average Bonchev–Trinajstić information content (AvgIpc) is 1.65. The summed E-state index contributed by atoms with van der Waals surface area (Å²) >= 11 is 4.88. The Morgan fingerprint density at radius 3 is 2.43 bits per heavy atom. The van der Waals surface area contributed by atoms with E-state index in [1.165, 1.54) is 0 Å². The van der Waals surface area contributed by atoms with Gasteiger partial charge in [0.05, 0.1) is 0 Å². The predicted molar refractivity (Wildman–Crippen MR) is 39.2 cm³/mol. The highest BCUT2D eigenvalue weighted by Gasteiger charge is 2.08. The quantitative estimate of drug-likeness (QED) is 0.610. The maximum Gasteiger partial charge on any atom is 0.317 e. The van der Waals surface area contributed by atoms with Crippen LogP contribution in [0.15, 0.2) is 0 Å². The van der Waals surface area contributed by atoms with Crippen LogP contribution < -0.4 is 0 Å². The molecule has 0 rings (SSSR count). The number of carboxylic acids is 1. The Kier molecular flexibility index (Phi) is 4.01. The second-order valence-corrected chi connectivity index (χ2v) is 3.11. The molecule has 0 heterocycles. The molecule has 0 aliphatic rings. The summed E-state index contributed by atoms with van der Waals surface area (Å²) in [7, 11) is 0. The van der Waals surface area contributed by atoms with Gasteiger partial charge in [0, 0.05) is 5.33 Å². The highest BCUT2D eigenvalue weighted by molar-refractivity contribution is 14.1. The van der Waals surface area contributed by atoms with Gasteiger partial charge in [0.2, 0.25) is 0 Å². The molecule has 1 N–H and O–H groups in total. The third-order valence-electron chi connectivity index (χ3n) is 0.403. The molecule has 0 bridgehead atoms. The summed E-state index contributed by atoms with van der Waals surface area (Å²) in [6.45, 7) is 0. The molecule has 0 spiro atoms. The van der Waals surface area contributed by atoms with Crippen LogP contribution in [0.3, 0.4) is 0 Å². The van der Waals surface area contributed by atoms with Crippen molar-refractivity contribution < 1.29 is 9.90 Å². The molecule has 0 radical (unpaired) electrons. The van der Waals surface area contributed by atoms with Gasteiger partial charge in [-0.1, -0.05) is 38.5 Å². The molecule has 0 aliphatic carbocycles. The van der Waals surface area contributed by atoms with Gasteiger partial charge in [-0.05, 0) is 0 Å². The van der Waals surface area contributed by atoms with E-state index in [0.717, 1.165) is 0 Å². The van der Waals surface area contributed by atoms with Crippen molar-refractivity contribution in [3.63, 3.8) is 0 Å².